The molecule has 0 bridgehead atoms. The normalized spacial score (nSPS) is 7.00. The number of rotatable bonds is 2. The monoisotopic (exact) mass is 181 g/mol. The first-order valence-electron chi connectivity index (χ1n) is 1.36. The Balaban J connectivity index is 0. The topological polar surface area (TPSA) is 69.6 Å². The van der Waals surface area contributed by atoms with Gasteiger partial charge in [-0.05, 0) is 0 Å². The summed E-state index contributed by atoms with van der Waals surface area (Å²) < 4.78 is 0. The van der Waals surface area contributed by atoms with Crippen molar-refractivity contribution in [1.29, 1.82) is 0 Å². The third-order valence-electron chi connectivity index (χ3n) is 0.230. The molecular weight excluding hydrogens is 177 g/mol. The van der Waals surface area contributed by atoms with Crippen molar-refractivity contribution in [2.75, 3.05) is 6.54 Å². The van der Waals surface area contributed by atoms with Gasteiger partial charge in [0.2, 0.25) is 0 Å². The summed E-state index contributed by atoms with van der Waals surface area (Å²) in [5.41, 5.74) is 1.47. The van der Waals surface area contributed by atoms with E-state index in [0.29, 0.717) is 0 Å². The molecule has 0 saturated heterocycles. The van der Waals surface area contributed by atoms with Gasteiger partial charge in [0, 0.05) is 26.2 Å². The van der Waals surface area contributed by atoms with Crippen LogP contribution in [0.15, 0.2) is 0 Å². The molecule has 3 N–H and O–H groups in total. The smallest absolute Gasteiger partial charge is 0.319 e. The molecule has 0 rings (SSSR count). The predicted octanol–water partition coefficient (Wildman–Crippen LogP) is -0.953. The quantitative estimate of drug-likeness (QED) is 0.481. The van der Waals surface area contributed by atoms with Gasteiger partial charge in [0.15, 0.2) is 0 Å². The molecular formula is C2H5NO3Zr. The maximum absolute atomic E-state index is 9.38. The fourth-order valence-corrected chi connectivity index (χ4v) is 0.0676. The largest absolute Gasteiger partial charge is 0.480 e. The van der Waals surface area contributed by atoms with Crippen molar-refractivity contribution in [2.45, 2.75) is 0 Å². The molecule has 0 saturated carbocycles. The first-order valence-corrected chi connectivity index (χ1v) is 1.36. The summed E-state index contributed by atoms with van der Waals surface area (Å²) in [5.74, 6) is -1.07. The van der Waals surface area contributed by atoms with Crippen LogP contribution in [0.2, 0.25) is 0 Å². The Labute approximate surface area is 59.6 Å². The van der Waals surface area contributed by atoms with E-state index in [9.17, 15) is 4.79 Å². The summed E-state index contributed by atoms with van der Waals surface area (Å²) in [7, 11) is 0. The van der Waals surface area contributed by atoms with Crippen LogP contribution in [0.1, 0.15) is 0 Å². The van der Waals surface area contributed by atoms with Gasteiger partial charge in [0.1, 0.15) is 6.54 Å². The summed E-state index contributed by atoms with van der Waals surface area (Å²) in [4.78, 5) is 9.38. The van der Waals surface area contributed by atoms with Gasteiger partial charge in [-0.15, -0.1) is 0 Å². The minimum Gasteiger partial charge on any atom is -0.480 e. The second-order valence-corrected chi connectivity index (χ2v) is 0.729. The van der Waals surface area contributed by atoms with Crippen molar-refractivity contribution in [3.8, 4) is 0 Å². The maximum atomic E-state index is 9.38. The van der Waals surface area contributed by atoms with Crippen LogP contribution in [0.25, 0.3) is 0 Å². The average Bonchev–Trinajstić information content (AvgIpc) is 1.35. The van der Waals surface area contributed by atoms with Crippen LogP contribution in [0.4, 0.5) is 0 Å². The maximum Gasteiger partial charge on any atom is 0.319 e. The van der Waals surface area contributed by atoms with Crippen LogP contribution in [0.3, 0.4) is 0 Å². The molecule has 0 heterocycles. The third-order valence-corrected chi connectivity index (χ3v) is 0.230. The molecule has 0 aromatic heterocycles. The fraction of sp³-hybridized carbons (Fsp3) is 0.500. The number of nitrogens with one attached hydrogen (secondary N) is 1. The van der Waals surface area contributed by atoms with Gasteiger partial charge in [-0.3, -0.25) is 4.79 Å². The van der Waals surface area contributed by atoms with Crippen molar-refractivity contribution < 1.29 is 41.3 Å². The van der Waals surface area contributed by atoms with Gasteiger partial charge < -0.3 is 10.3 Å². The zero-order valence-electron chi connectivity index (χ0n) is 3.51. The predicted molar refractivity (Wildman–Crippen MR) is 17.4 cm³/mol. The van der Waals surface area contributed by atoms with Gasteiger partial charge in [-0.25, -0.2) is 0 Å². The summed E-state index contributed by atoms with van der Waals surface area (Å²) in [6.07, 6.45) is 0. The van der Waals surface area contributed by atoms with E-state index in [1.165, 1.54) is 5.48 Å². The zero-order chi connectivity index (χ0) is 4.99. The molecule has 0 aromatic rings. The van der Waals surface area contributed by atoms with Crippen molar-refractivity contribution in [3.63, 3.8) is 0 Å². The van der Waals surface area contributed by atoms with E-state index in [1.54, 1.807) is 0 Å². The molecule has 40 valence electrons. The molecule has 0 radical (unpaired) electrons. The number of hydroxylamine groups is 1. The minimum atomic E-state index is -1.07. The second kappa shape index (κ2) is 6.27. The Morgan fingerprint density at radius 1 is 1.71 bits per heavy atom. The Morgan fingerprint density at radius 3 is 2.14 bits per heavy atom. The molecule has 0 fully saturated rings. The SMILES string of the molecule is O=C(O)CNO.[Zr]. The van der Waals surface area contributed by atoms with E-state index >= 15 is 0 Å². The Morgan fingerprint density at radius 2 is 2.14 bits per heavy atom. The molecule has 0 aromatic carbocycles. The Hall–Kier alpha value is 0.273. The van der Waals surface area contributed by atoms with Crippen LogP contribution in [-0.4, -0.2) is 22.8 Å². The van der Waals surface area contributed by atoms with Crippen LogP contribution in [0, 0.1) is 0 Å². The summed E-state index contributed by atoms with van der Waals surface area (Å²) in [6.45, 7) is -0.403. The molecule has 5 heteroatoms. The Kier molecular flexibility index (Phi) is 9.22. The number of carbonyl (C=O) groups is 1. The van der Waals surface area contributed by atoms with Gasteiger partial charge >= 0.3 is 5.97 Å². The summed E-state index contributed by atoms with van der Waals surface area (Å²) >= 11 is 0. The van der Waals surface area contributed by atoms with E-state index in [0.717, 1.165) is 0 Å². The first-order chi connectivity index (χ1) is 2.77. The van der Waals surface area contributed by atoms with Crippen LogP contribution >= 0.6 is 0 Å². The molecule has 0 unspecified atom stereocenters. The van der Waals surface area contributed by atoms with Gasteiger partial charge in [-0.2, -0.15) is 5.48 Å². The van der Waals surface area contributed by atoms with Gasteiger partial charge in [0.25, 0.3) is 0 Å². The zero-order valence-corrected chi connectivity index (χ0v) is 5.97. The van der Waals surface area contributed by atoms with E-state index in [2.05, 4.69) is 0 Å². The van der Waals surface area contributed by atoms with Crippen molar-refractivity contribution in [2.24, 2.45) is 0 Å². The van der Waals surface area contributed by atoms with Gasteiger partial charge in [0.05, 0.1) is 0 Å². The molecule has 0 atom stereocenters. The number of hydrogen-bond acceptors (Lipinski definition) is 3. The molecule has 0 amide bonds. The van der Waals surface area contributed by atoms with Crippen LogP contribution in [-0.2, 0) is 31.0 Å². The van der Waals surface area contributed by atoms with Crippen molar-refractivity contribution >= 4 is 5.97 Å². The van der Waals surface area contributed by atoms with Crippen LogP contribution in [0.5, 0.6) is 0 Å². The molecule has 7 heavy (non-hydrogen) atoms. The Bertz CT molecular complexity index is 56.9. The minimum absolute atomic E-state index is 0. The average molecular weight is 182 g/mol. The van der Waals surface area contributed by atoms with E-state index in [4.69, 9.17) is 10.3 Å². The summed E-state index contributed by atoms with van der Waals surface area (Å²) in [6, 6.07) is 0. The van der Waals surface area contributed by atoms with Gasteiger partial charge in [-0.1, -0.05) is 0 Å². The summed E-state index contributed by atoms with van der Waals surface area (Å²) in [5, 5.41) is 15.3. The van der Waals surface area contributed by atoms with Crippen LogP contribution < -0.4 is 5.48 Å². The number of carboxylic acids is 1. The fourth-order valence-electron chi connectivity index (χ4n) is 0.0676. The molecule has 0 aliphatic carbocycles. The number of hydrogen-bond donors (Lipinski definition) is 3. The van der Waals surface area contributed by atoms with Crippen molar-refractivity contribution in [1.82, 2.24) is 5.48 Å². The van der Waals surface area contributed by atoms with E-state index < -0.39 is 12.5 Å². The molecule has 0 spiro atoms. The van der Waals surface area contributed by atoms with Crippen molar-refractivity contribution in [3.05, 3.63) is 0 Å². The van der Waals surface area contributed by atoms with E-state index in [-0.39, 0.29) is 26.2 Å². The third kappa shape index (κ3) is 10.7. The first kappa shape index (κ1) is 10.3. The molecule has 0 aliphatic rings. The molecule has 4 nitrogen and oxygen atoms in total. The standard InChI is InChI=1S/C2H5NO3.Zr/c4-2(5)1-3-6;/h3,6H,1H2,(H,4,5);. The second-order valence-electron chi connectivity index (χ2n) is 0.729. The number of carboxylic acid groups (broad SMARTS) is 1. The number of aliphatic carboxylic acids is 1. The molecule has 0 aliphatic heterocycles. The van der Waals surface area contributed by atoms with E-state index in [1.807, 2.05) is 0 Å².